The fourth-order valence-electron chi connectivity index (χ4n) is 2.56. The van der Waals surface area contributed by atoms with Gasteiger partial charge in [0, 0.05) is 33.2 Å². The number of aryl methyl sites for hydroxylation is 1. The molecule has 0 amide bonds. The number of halogens is 1. The molecule has 0 bridgehead atoms. The summed E-state index contributed by atoms with van der Waals surface area (Å²) in [6.45, 7) is 0. The minimum Gasteiger partial charge on any atom is -0.294 e. The Kier molecular flexibility index (Phi) is 4.22. The molecule has 1 aromatic heterocycles. The number of hydrogen-bond acceptors (Lipinski definition) is 2. The van der Waals surface area contributed by atoms with E-state index in [4.69, 9.17) is 0 Å². The lowest BCUT2D eigenvalue weighted by Crippen LogP contribution is -2.15. The number of carbonyl (C=O) groups excluding carboxylic acids is 1. The number of ketones is 1. The Morgan fingerprint density at radius 1 is 1.20 bits per heavy atom. The van der Waals surface area contributed by atoms with Crippen LogP contribution in [0.25, 0.3) is 0 Å². The summed E-state index contributed by atoms with van der Waals surface area (Å²) in [6, 6.07) is 12.0. The van der Waals surface area contributed by atoms with Gasteiger partial charge in [0.1, 0.15) is 0 Å². The van der Waals surface area contributed by atoms with Gasteiger partial charge in [-0.3, -0.25) is 9.78 Å². The summed E-state index contributed by atoms with van der Waals surface area (Å²) in [6.07, 6.45) is 3.52. The molecule has 1 unspecified atom stereocenters. The van der Waals surface area contributed by atoms with E-state index in [9.17, 15) is 4.79 Å². The maximum atomic E-state index is 12.0. The standard InChI is InChI=1S/C16H16BrNOS/c17-14-6-3-5-13-15(19)8-11-20(16(13)14)10-7-12-4-1-2-9-18-12/h1-6,9,20H,7-8,10-11H2. The molecule has 104 valence electrons. The first kappa shape index (κ1) is 13.8. The Balaban J connectivity index is 1.82. The summed E-state index contributed by atoms with van der Waals surface area (Å²) >= 11 is 3.62. The van der Waals surface area contributed by atoms with E-state index in [1.807, 2.05) is 36.5 Å². The third kappa shape index (κ3) is 2.81. The zero-order valence-electron chi connectivity index (χ0n) is 11.1. The first-order chi connectivity index (χ1) is 9.75. The molecule has 4 heteroatoms. The van der Waals surface area contributed by atoms with Crippen LogP contribution in [0.3, 0.4) is 0 Å². The quantitative estimate of drug-likeness (QED) is 0.847. The van der Waals surface area contributed by atoms with Crippen molar-refractivity contribution >= 4 is 32.6 Å². The molecule has 2 heterocycles. The number of nitrogens with zero attached hydrogens (tertiary/aromatic N) is 1. The van der Waals surface area contributed by atoms with Crippen LogP contribution < -0.4 is 0 Å². The number of benzene rings is 1. The molecule has 1 aromatic carbocycles. The van der Waals surface area contributed by atoms with E-state index in [2.05, 4.69) is 27.0 Å². The number of hydrogen-bond donors (Lipinski definition) is 1. The van der Waals surface area contributed by atoms with Crippen molar-refractivity contribution < 1.29 is 4.79 Å². The number of aromatic nitrogens is 1. The molecule has 2 aromatic rings. The lowest BCUT2D eigenvalue weighted by molar-refractivity contribution is 0.0984. The highest BCUT2D eigenvalue weighted by atomic mass is 79.9. The first-order valence-electron chi connectivity index (χ1n) is 6.72. The molecule has 1 atom stereocenters. The number of carbonyl (C=O) groups is 1. The van der Waals surface area contributed by atoms with E-state index in [0.29, 0.717) is 6.42 Å². The highest BCUT2D eigenvalue weighted by molar-refractivity contribution is 9.10. The molecule has 3 rings (SSSR count). The van der Waals surface area contributed by atoms with Gasteiger partial charge in [0.15, 0.2) is 5.78 Å². The van der Waals surface area contributed by atoms with Gasteiger partial charge in [-0.1, -0.05) is 18.2 Å². The van der Waals surface area contributed by atoms with Crippen LogP contribution in [0, 0.1) is 0 Å². The fourth-order valence-corrected chi connectivity index (χ4v) is 6.24. The largest absolute Gasteiger partial charge is 0.294 e. The van der Waals surface area contributed by atoms with Gasteiger partial charge in [-0.15, -0.1) is 0 Å². The van der Waals surface area contributed by atoms with E-state index in [-0.39, 0.29) is 16.7 Å². The first-order valence-corrected chi connectivity index (χ1v) is 9.23. The summed E-state index contributed by atoms with van der Waals surface area (Å²) < 4.78 is 1.09. The molecule has 0 saturated heterocycles. The van der Waals surface area contributed by atoms with Gasteiger partial charge in [0.05, 0.1) is 0 Å². The van der Waals surface area contributed by atoms with Gasteiger partial charge in [-0.2, -0.15) is 0 Å². The van der Waals surface area contributed by atoms with Crippen LogP contribution in [0.15, 0.2) is 52.0 Å². The van der Waals surface area contributed by atoms with Gasteiger partial charge in [0.2, 0.25) is 0 Å². The molecule has 0 saturated carbocycles. The van der Waals surface area contributed by atoms with Gasteiger partial charge in [-0.05, 0) is 52.1 Å². The SMILES string of the molecule is O=C1CC[SH](CCc2ccccn2)c2c(Br)cccc21. The molecule has 1 aliphatic heterocycles. The Labute approximate surface area is 130 Å². The number of Topliss-reactive ketones (excluding diaryl/α,β-unsaturated/α-hetero) is 1. The number of pyridine rings is 1. The highest BCUT2D eigenvalue weighted by Crippen LogP contribution is 2.47. The average molecular weight is 350 g/mol. The van der Waals surface area contributed by atoms with Crippen molar-refractivity contribution in [1.82, 2.24) is 4.98 Å². The molecular formula is C16H16BrNOS. The van der Waals surface area contributed by atoms with Crippen molar-refractivity contribution in [3.63, 3.8) is 0 Å². The number of rotatable bonds is 3. The van der Waals surface area contributed by atoms with Crippen LogP contribution in [-0.4, -0.2) is 22.3 Å². The zero-order valence-corrected chi connectivity index (χ0v) is 13.5. The van der Waals surface area contributed by atoms with Crippen molar-refractivity contribution in [3.05, 3.63) is 58.3 Å². The van der Waals surface area contributed by atoms with E-state index in [0.717, 1.165) is 33.7 Å². The average Bonchev–Trinajstić information content (AvgIpc) is 2.48. The van der Waals surface area contributed by atoms with Gasteiger partial charge >= 0.3 is 0 Å². The molecule has 0 N–H and O–H groups in total. The van der Waals surface area contributed by atoms with Crippen LogP contribution in [0.2, 0.25) is 0 Å². The van der Waals surface area contributed by atoms with Crippen LogP contribution in [0.5, 0.6) is 0 Å². The predicted octanol–water partition coefficient (Wildman–Crippen LogP) is 4.03. The van der Waals surface area contributed by atoms with Crippen molar-refractivity contribution in [3.8, 4) is 0 Å². The third-order valence-corrected chi connectivity index (χ3v) is 7.18. The van der Waals surface area contributed by atoms with Crippen LogP contribution in [0.4, 0.5) is 0 Å². The van der Waals surface area contributed by atoms with Gasteiger partial charge < -0.3 is 0 Å². The minimum atomic E-state index is -0.266. The van der Waals surface area contributed by atoms with Crippen LogP contribution in [-0.2, 0) is 6.42 Å². The Bertz CT molecular complexity index is 630. The summed E-state index contributed by atoms with van der Waals surface area (Å²) in [5.74, 6) is 2.41. The van der Waals surface area contributed by atoms with E-state index < -0.39 is 0 Å². The molecule has 0 fully saturated rings. The van der Waals surface area contributed by atoms with Gasteiger partial charge in [0.25, 0.3) is 0 Å². The Hall–Kier alpha value is -1.13. The second-order valence-electron chi connectivity index (χ2n) is 4.87. The second-order valence-corrected chi connectivity index (χ2v) is 8.14. The molecule has 1 aliphatic rings. The molecule has 0 aliphatic carbocycles. The van der Waals surface area contributed by atoms with Crippen molar-refractivity contribution in [2.75, 3.05) is 11.5 Å². The third-order valence-electron chi connectivity index (χ3n) is 3.58. The van der Waals surface area contributed by atoms with Crippen molar-refractivity contribution in [2.45, 2.75) is 17.7 Å². The minimum absolute atomic E-state index is 0.266. The maximum Gasteiger partial charge on any atom is 0.164 e. The number of fused-ring (bicyclic) bond motifs is 1. The van der Waals surface area contributed by atoms with Crippen LogP contribution in [0.1, 0.15) is 22.5 Å². The smallest absolute Gasteiger partial charge is 0.164 e. The Morgan fingerprint density at radius 3 is 2.90 bits per heavy atom. The Morgan fingerprint density at radius 2 is 2.10 bits per heavy atom. The molecular weight excluding hydrogens is 334 g/mol. The fraction of sp³-hybridized carbons (Fsp3) is 0.250. The lowest BCUT2D eigenvalue weighted by atomic mass is 10.1. The lowest BCUT2D eigenvalue weighted by Gasteiger charge is -2.29. The normalized spacial score (nSPS) is 19.6. The second kappa shape index (κ2) is 6.10. The van der Waals surface area contributed by atoms with Crippen LogP contribution >= 0.6 is 26.8 Å². The van der Waals surface area contributed by atoms with Crippen molar-refractivity contribution in [1.29, 1.82) is 0 Å². The summed E-state index contributed by atoms with van der Waals surface area (Å²) in [7, 11) is -0.266. The van der Waals surface area contributed by atoms with Gasteiger partial charge in [-0.25, -0.2) is 10.9 Å². The van der Waals surface area contributed by atoms with E-state index in [1.54, 1.807) is 0 Å². The molecule has 2 nitrogen and oxygen atoms in total. The summed E-state index contributed by atoms with van der Waals surface area (Å²) in [5, 5.41) is 0. The molecule has 0 spiro atoms. The highest BCUT2D eigenvalue weighted by Gasteiger charge is 2.24. The number of thiol groups is 1. The molecule has 20 heavy (non-hydrogen) atoms. The monoisotopic (exact) mass is 349 g/mol. The maximum absolute atomic E-state index is 12.0. The zero-order chi connectivity index (χ0) is 13.9. The topological polar surface area (TPSA) is 30.0 Å². The van der Waals surface area contributed by atoms with E-state index >= 15 is 0 Å². The predicted molar refractivity (Wildman–Crippen MR) is 88.0 cm³/mol. The van der Waals surface area contributed by atoms with E-state index in [1.165, 1.54) is 4.90 Å². The summed E-state index contributed by atoms with van der Waals surface area (Å²) in [5.41, 5.74) is 2.07. The summed E-state index contributed by atoms with van der Waals surface area (Å²) in [4.78, 5) is 17.7. The molecule has 0 radical (unpaired) electrons. The van der Waals surface area contributed by atoms with Crippen molar-refractivity contribution in [2.24, 2.45) is 0 Å².